The molecule has 8 heteroatoms. The third-order valence-electron chi connectivity index (χ3n) is 2.39. The van der Waals surface area contributed by atoms with Crippen LogP contribution in [0.15, 0.2) is 30.4 Å². The first-order valence-corrected chi connectivity index (χ1v) is 6.61. The van der Waals surface area contributed by atoms with Crippen molar-refractivity contribution < 1.29 is 27.5 Å². The molecule has 1 N–H and O–H groups in total. The molecule has 0 atom stereocenters. The Kier molecular flexibility index (Phi) is 6.42. The summed E-state index contributed by atoms with van der Waals surface area (Å²) in [6, 6.07) is 2.95. The second-order valence-electron chi connectivity index (χ2n) is 4.16. The number of allylic oxidation sites excluding steroid dienone is 1. The first kappa shape index (κ1) is 18.0. The number of anilines is 1. The highest BCUT2D eigenvalue weighted by atomic mass is 35.5. The highest BCUT2D eigenvalue weighted by molar-refractivity contribution is 6.31. The minimum atomic E-state index is -4.63. The van der Waals surface area contributed by atoms with E-state index in [0.29, 0.717) is 12.5 Å². The minimum Gasteiger partial charge on any atom is -0.452 e. The summed E-state index contributed by atoms with van der Waals surface area (Å²) in [6.07, 6.45) is -1.28. The van der Waals surface area contributed by atoms with Crippen LogP contribution in [0, 0.1) is 0 Å². The van der Waals surface area contributed by atoms with Crippen molar-refractivity contribution in [1.82, 2.24) is 0 Å². The van der Waals surface area contributed by atoms with E-state index in [4.69, 9.17) is 11.6 Å². The van der Waals surface area contributed by atoms with Crippen LogP contribution in [-0.2, 0) is 20.5 Å². The van der Waals surface area contributed by atoms with Gasteiger partial charge in [-0.25, -0.2) is 4.79 Å². The van der Waals surface area contributed by atoms with Crippen LogP contribution in [0.1, 0.15) is 18.9 Å². The molecule has 0 heterocycles. The molecular formula is C14H13ClF3NO3. The summed E-state index contributed by atoms with van der Waals surface area (Å²) in [4.78, 5) is 22.6. The molecule has 0 aromatic heterocycles. The molecule has 1 aromatic carbocycles. The molecule has 0 fully saturated rings. The van der Waals surface area contributed by atoms with Gasteiger partial charge in [0.25, 0.3) is 5.91 Å². The molecule has 0 unspecified atom stereocenters. The Labute approximate surface area is 129 Å². The molecule has 1 aromatic rings. The van der Waals surface area contributed by atoms with Crippen molar-refractivity contribution in [1.29, 1.82) is 0 Å². The van der Waals surface area contributed by atoms with Gasteiger partial charge in [0.2, 0.25) is 0 Å². The summed E-state index contributed by atoms with van der Waals surface area (Å²) in [5, 5.41) is 1.72. The first-order valence-electron chi connectivity index (χ1n) is 6.24. The van der Waals surface area contributed by atoms with E-state index in [2.05, 4.69) is 10.1 Å². The number of hydrogen-bond acceptors (Lipinski definition) is 3. The van der Waals surface area contributed by atoms with Crippen LogP contribution in [0.5, 0.6) is 0 Å². The Hall–Kier alpha value is -2.02. The van der Waals surface area contributed by atoms with Crippen LogP contribution in [-0.4, -0.2) is 18.5 Å². The Morgan fingerprint density at radius 3 is 2.64 bits per heavy atom. The summed E-state index contributed by atoms with van der Waals surface area (Å²) in [5.41, 5.74) is -1.16. The molecule has 0 aliphatic carbocycles. The van der Waals surface area contributed by atoms with Crippen molar-refractivity contribution in [2.75, 3.05) is 11.9 Å². The second-order valence-corrected chi connectivity index (χ2v) is 4.57. The van der Waals surface area contributed by atoms with Crippen LogP contribution in [0.3, 0.4) is 0 Å². The van der Waals surface area contributed by atoms with Gasteiger partial charge in [-0.05, 0) is 24.6 Å². The second kappa shape index (κ2) is 7.84. The molecule has 0 saturated carbocycles. The topological polar surface area (TPSA) is 55.4 Å². The smallest absolute Gasteiger partial charge is 0.417 e. The van der Waals surface area contributed by atoms with E-state index >= 15 is 0 Å². The molecule has 4 nitrogen and oxygen atoms in total. The van der Waals surface area contributed by atoms with Crippen molar-refractivity contribution in [2.24, 2.45) is 0 Å². The molecule has 1 amide bonds. The molecule has 22 heavy (non-hydrogen) atoms. The minimum absolute atomic E-state index is 0.0955. The summed E-state index contributed by atoms with van der Waals surface area (Å²) in [6.45, 7) is 1.21. The van der Waals surface area contributed by atoms with Crippen molar-refractivity contribution in [2.45, 2.75) is 19.5 Å². The maximum atomic E-state index is 12.7. The van der Waals surface area contributed by atoms with E-state index in [0.717, 1.165) is 12.1 Å². The fourth-order valence-electron chi connectivity index (χ4n) is 1.42. The highest BCUT2D eigenvalue weighted by Crippen LogP contribution is 2.36. The monoisotopic (exact) mass is 335 g/mol. The quantitative estimate of drug-likeness (QED) is 0.657. The van der Waals surface area contributed by atoms with E-state index < -0.39 is 35.2 Å². The fraction of sp³-hybridized carbons (Fsp3) is 0.286. The predicted molar refractivity (Wildman–Crippen MR) is 75.5 cm³/mol. The maximum Gasteiger partial charge on any atom is 0.417 e. The number of esters is 1. The van der Waals surface area contributed by atoms with Gasteiger partial charge in [-0.2, -0.15) is 13.2 Å². The number of alkyl halides is 3. The number of ether oxygens (including phenoxy) is 1. The van der Waals surface area contributed by atoms with Crippen molar-refractivity contribution in [3.8, 4) is 0 Å². The zero-order valence-corrected chi connectivity index (χ0v) is 12.3. The number of nitrogens with one attached hydrogen (secondary N) is 1. The van der Waals surface area contributed by atoms with Gasteiger partial charge in [0.1, 0.15) is 0 Å². The van der Waals surface area contributed by atoms with Crippen molar-refractivity contribution in [3.05, 3.63) is 40.9 Å². The average molecular weight is 336 g/mol. The number of carbonyl (C=O) groups excluding carboxylic acids is 2. The molecule has 0 aliphatic heterocycles. The number of amides is 1. The van der Waals surface area contributed by atoms with E-state index in [1.807, 2.05) is 6.92 Å². The SMILES string of the molecule is CC/C=C/C(=O)OCC(=O)Nc1ccc(Cl)c(C(F)(F)F)c1. The molecular weight excluding hydrogens is 323 g/mol. The van der Waals surface area contributed by atoms with E-state index in [9.17, 15) is 22.8 Å². The van der Waals surface area contributed by atoms with E-state index in [1.54, 1.807) is 6.08 Å². The van der Waals surface area contributed by atoms with Crippen LogP contribution in [0.2, 0.25) is 5.02 Å². The van der Waals surface area contributed by atoms with Gasteiger partial charge in [-0.15, -0.1) is 0 Å². The van der Waals surface area contributed by atoms with E-state index in [-0.39, 0.29) is 5.69 Å². The molecule has 120 valence electrons. The van der Waals surface area contributed by atoms with E-state index in [1.165, 1.54) is 6.07 Å². The number of rotatable bonds is 5. The lowest BCUT2D eigenvalue weighted by Crippen LogP contribution is -2.20. The molecule has 1 rings (SSSR count). The van der Waals surface area contributed by atoms with Gasteiger partial charge < -0.3 is 10.1 Å². The lowest BCUT2D eigenvalue weighted by Gasteiger charge is -2.11. The van der Waals surface area contributed by atoms with Gasteiger partial charge in [-0.3, -0.25) is 4.79 Å². The average Bonchev–Trinajstić information content (AvgIpc) is 2.43. The Bertz CT molecular complexity index is 585. The van der Waals surface area contributed by atoms with Crippen LogP contribution in [0.25, 0.3) is 0 Å². The molecule has 0 bridgehead atoms. The standard InChI is InChI=1S/C14H13ClF3NO3/c1-2-3-4-13(21)22-8-12(20)19-9-5-6-11(15)10(7-9)14(16,17)18/h3-7H,2,8H2,1H3,(H,19,20)/b4-3+. The third-order valence-corrected chi connectivity index (χ3v) is 2.72. The van der Waals surface area contributed by atoms with Crippen LogP contribution >= 0.6 is 11.6 Å². The molecule has 0 saturated heterocycles. The van der Waals surface area contributed by atoms with Gasteiger partial charge in [0.15, 0.2) is 6.61 Å². The van der Waals surface area contributed by atoms with Crippen molar-refractivity contribution >= 4 is 29.2 Å². The van der Waals surface area contributed by atoms with Crippen molar-refractivity contribution in [3.63, 3.8) is 0 Å². The number of halogens is 4. The maximum absolute atomic E-state index is 12.7. The summed E-state index contributed by atoms with van der Waals surface area (Å²) >= 11 is 5.46. The van der Waals surface area contributed by atoms with Crippen LogP contribution < -0.4 is 5.32 Å². The lowest BCUT2D eigenvalue weighted by molar-refractivity contribution is -0.142. The fourth-order valence-corrected chi connectivity index (χ4v) is 1.64. The van der Waals surface area contributed by atoms with Gasteiger partial charge in [0, 0.05) is 11.8 Å². The highest BCUT2D eigenvalue weighted by Gasteiger charge is 2.33. The Morgan fingerprint density at radius 1 is 1.36 bits per heavy atom. The normalized spacial score (nSPS) is 11.5. The number of carbonyl (C=O) groups is 2. The largest absolute Gasteiger partial charge is 0.452 e. The molecule has 0 aliphatic rings. The summed E-state index contributed by atoms with van der Waals surface area (Å²) < 4.78 is 42.6. The molecule has 0 spiro atoms. The Balaban J connectivity index is 2.66. The number of hydrogen-bond donors (Lipinski definition) is 1. The third kappa shape index (κ3) is 5.77. The van der Waals surface area contributed by atoms with Crippen LogP contribution in [0.4, 0.5) is 18.9 Å². The lowest BCUT2D eigenvalue weighted by atomic mass is 10.2. The zero-order valence-electron chi connectivity index (χ0n) is 11.5. The molecule has 0 radical (unpaired) electrons. The van der Waals surface area contributed by atoms with Gasteiger partial charge in [-0.1, -0.05) is 24.6 Å². The summed E-state index contributed by atoms with van der Waals surface area (Å²) in [7, 11) is 0. The van der Waals surface area contributed by atoms with Gasteiger partial charge in [0.05, 0.1) is 10.6 Å². The van der Waals surface area contributed by atoms with Gasteiger partial charge >= 0.3 is 12.1 Å². The first-order chi connectivity index (χ1) is 10.2. The predicted octanol–water partition coefficient (Wildman–Crippen LogP) is 3.81. The zero-order chi connectivity index (χ0) is 16.8. The number of benzene rings is 1. The summed E-state index contributed by atoms with van der Waals surface area (Å²) in [5.74, 6) is -1.46. The Morgan fingerprint density at radius 2 is 2.05 bits per heavy atom.